The molecule has 0 spiro atoms. The number of carbonyl (C=O) groups excluding carboxylic acids is 3. The van der Waals surface area contributed by atoms with Gasteiger partial charge < -0.3 is 50.6 Å². The smallest absolute Gasteiger partial charge is 0.329 e. The summed E-state index contributed by atoms with van der Waals surface area (Å²) in [7, 11) is 1.57. The number of aliphatic carboxylic acids is 1. The molecule has 1 aromatic carbocycles. The maximum Gasteiger partial charge on any atom is 0.329 e. The number of carbonyl (C=O) groups is 4. The summed E-state index contributed by atoms with van der Waals surface area (Å²) in [5, 5.41) is 29.0. The molecule has 0 radical (unpaired) electrons. The number of hydrogen-bond acceptors (Lipinski definition) is 13. The van der Waals surface area contributed by atoms with E-state index in [1.54, 1.807) is 25.3 Å². The van der Waals surface area contributed by atoms with Crippen LogP contribution in [0.25, 0.3) is 22.3 Å². The van der Waals surface area contributed by atoms with Crippen LogP contribution in [0.4, 0.5) is 9.93 Å². The summed E-state index contributed by atoms with van der Waals surface area (Å²) in [6.07, 6.45) is 4.50. The second kappa shape index (κ2) is 22.0. The third-order valence-corrected chi connectivity index (χ3v) is 14.2. The number of benzene rings is 1. The summed E-state index contributed by atoms with van der Waals surface area (Å²) in [5.74, 6) is -1.39. The monoisotopic (exact) mass is 954 g/mol. The van der Waals surface area contributed by atoms with Crippen molar-refractivity contribution in [3.63, 3.8) is 0 Å². The third-order valence-electron chi connectivity index (χ3n) is 12.6. The maximum atomic E-state index is 15.0. The molecule has 2 aromatic heterocycles. The van der Waals surface area contributed by atoms with E-state index in [-0.39, 0.29) is 50.5 Å². The maximum absolute atomic E-state index is 15.0. The van der Waals surface area contributed by atoms with Gasteiger partial charge in [0.25, 0.3) is 0 Å². The van der Waals surface area contributed by atoms with Gasteiger partial charge in [0, 0.05) is 78.3 Å². The Labute approximate surface area is 394 Å². The van der Waals surface area contributed by atoms with E-state index >= 15 is 0 Å². The van der Waals surface area contributed by atoms with Crippen molar-refractivity contribution in [1.82, 2.24) is 40.4 Å². The van der Waals surface area contributed by atoms with Gasteiger partial charge in [-0.25, -0.2) is 23.9 Å². The minimum atomic E-state index is -2.56. The van der Waals surface area contributed by atoms with Gasteiger partial charge in [0.1, 0.15) is 40.9 Å². The molecular weight excluding hydrogens is 887 g/mol. The molecule has 2 unspecified atom stereocenters. The summed E-state index contributed by atoms with van der Waals surface area (Å²) in [5.41, 5.74) is -0.251. The van der Waals surface area contributed by atoms with Crippen LogP contribution in [0, 0.1) is 11.3 Å². The van der Waals surface area contributed by atoms with Crippen LogP contribution in [0.5, 0.6) is 11.5 Å². The van der Waals surface area contributed by atoms with Crippen LogP contribution in [-0.2, 0) is 25.7 Å². The number of anilines is 1. The fourth-order valence-corrected chi connectivity index (χ4v) is 10.1. The number of pyridine rings is 1. The lowest BCUT2D eigenvalue weighted by Crippen LogP contribution is -2.59. The molecule has 2 aliphatic heterocycles. The molecule has 4 amide bonds. The van der Waals surface area contributed by atoms with Crippen LogP contribution in [0.3, 0.4) is 0 Å². The number of ether oxygens (including phenoxy) is 2. The zero-order chi connectivity index (χ0) is 47.9. The topological polar surface area (TPSA) is 240 Å². The normalized spacial score (nSPS) is 23.9. The number of carboxylic acid groups (broad SMARTS) is 1. The van der Waals surface area contributed by atoms with Crippen molar-refractivity contribution in [1.29, 1.82) is 0 Å². The fraction of sp³-hybridized carbons (Fsp3) is 0.652. The van der Waals surface area contributed by atoms with Gasteiger partial charge in [-0.3, -0.25) is 13.8 Å². The molecule has 364 valence electrons. The van der Waals surface area contributed by atoms with Crippen LogP contribution in [0.15, 0.2) is 29.6 Å². The summed E-state index contributed by atoms with van der Waals surface area (Å²) in [6, 6.07) is 4.08. The van der Waals surface area contributed by atoms with Gasteiger partial charge in [0.2, 0.25) is 11.8 Å². The number of methoxy groups -OCH3 is 1. The Morgan fingerprint density at radius 1 is 1.06 bits per heavy atom. The van der Waals surface area contributed by atoms with Crippen molar-refractivity contribution in [3.8, 4) is 22.9 Å². The molecule has 3 aromatic rings. The zero-order valence-corrected chi connectivity index (χ0v) is 41.1. The van der Waals surface area contributed by atoms with Crippen LogP contribution in [-0.4, -0.2) is 132 Å². The minimum absolute atomic E-state index is 0.00177. The molecule has 1 aliphatic carbocycles. The molecule has 1 saturated carbocycles. The standard InChI is InChI=1S/C46H69N9O9S2/c1-27(2)47-18-19-54(66(61)62)25-39(45(5,6)7)52-43(60)50-33-15-13-11-9-10-12-14-29-23-46(29,42(58)59)53-40(56)37-21-31(24-55(37)41(33)57)64-38-22-35(36-26-65-44(51-36)48-28(3)4)49-34-20-30(63-8)16-17-32(34)38/h16-17,20,22,26-29,31,33,37,39,47H,9-15,18-19,21,23-25H2,1-8H3,(H,48,51)(H,53,56)(H,58,59)(H,61,62)(H2,50,52,60)/p-1/t29?,31-,33+,37+,39-,46-/m1/s1. The van der Waals surface area contributed by atoms with E-state index in [9.17, 15) is 33.0 Å². The summed E-state index contributed by atoms with van der Waals surface area (Å²) in [4.78, 5) is 67.3. The molecule has 3 fully saturated rings. The largest absolute Gasteiger partial charge is 0.760 e. The highest BCUT2D eigenvalue weighted by atomic mass is 32.2. The van der Waals surface area contributed by atoms with Crippen molar-refractivity contribution in [2.24, 2.45) is 11.3 Å². The number of carboxylic acids is 1. The molecule has 0 bridgehead atoms. The minimum Gasteiger partial charge on any atom is -0.760 e. The van der Waals surface area contributed by atoms with E-state index in [2.05, 4.69) is 26.6 Å². The number of thiazole rings is 1. The average molecular weight is 955 g/mol. The Balaban J connectivity index is 1.30. The van der Waals surface area contributed by atoms with Crippen LogP contribution in [0.1, 0.15) is 106 Å². The average Bonchev–Trinajstić information content (AvgIpc) is 3.51. The summed E-state index contributed by atoms with van der Waals surface area (Å²) >= 11 is -1.11. The lowest BCUT2D eigenvalue weighted by molar-refractivity contribution is -0.145. The first kappa shape index (κ1) is 50.8. The van der Waals surface area contributed by atoms with E-state index in [0.717, 1.165) is 30.8 Å². The number of amides is 4. The Bertz CT molecular complexity index is 2220. The van der Waals surface area contributed by atoms with Crippen LogP contribution in [0.2, 0.25) is 0 Å². The molecule has 6 N–H and O–H groups in total. The van der Waals surface area contributed by atoms with E-state index in [1.165, 1.54) is 20.5 Å². The lowest BCUT2D eigenvalue weighted by atomic mass is 9.86. The number of nitrogens with zero attached hydrogens (tertiary/aromatic N) is 4. The lowest BCUT2D eigenvalue weighted by Gasteiger charge is -2.37. The first-order valence-electron chi connectivity index (χ1n) is 23.2. The predicted molar refractivity (Wildman–Crippen MR) is 254 cm³/mol. The highest BCUT2D eigenvalue weighted by molar-refractivity contribution is 7.76. The van der Waals surface area contributed by atoms with Crippen LogP contribution < -0.4 is 36.1 Å². The number of rotatable bonds is 16. The number of nitrogens with one attached hydrogen (secondary N) is 5. The van der Waals surface area contributed by atoms with Gasteiger partial charge in [-0.05, 0) is 56.6 Å². The predicted octanol–water partition coefficient (Wildman–Crippen LogP) is 5.42. The number of urea groups is 1. The molecule has 18 nitrogen and oxygen atoms in total. The van der Waals surface area contributed by atoms with E-state index in [4.69, 9.17) is 19.4 Å². The second-order valence-corrected chi connectivity index (χ2v) is 21.3. The Hall–Kier alpha value is -4.63. The highest BCUT2D eigenvalue weighted by Crippen LogP contribution is 2.48. The second-order valence-electron chi connectivity index (χ2n) is 19.5. The number of fused-ring (bicyclic) bond motifs is 3. The molecule has 3 aliphatic rings. The van der Waals surface area contributed by atoms with E-state index in [1.807, 2.05) is 59.9 Å². The van der Waals surface area contributed by atoms with Gasteiger partial charge in [-0.2, -0.15) is 0 Å². The van der Waals surface area contributed by atoms with Crippen molar-refractivity contribution in [2.75, 3.05) is 38.6 Å². The van der Waals surface area contributed by atoms with Crippen molar-refractivity contribution >= 4 is 62.5 Å². The van der Waals surface area contributed by atoms with Crippen molar-refractivity contribution < 1.29 is 42.5 Å². The summed E-state index contributed by atoms with van der Waals surface area (Å²) in [6.45, 7) is 14.3. The quantitative estimate of drug-likeness (QED) is 0.0986. The van der Waals surface area contributed by atoms with Gasteiger partial charge in [0.05, 0.1) is 24.9 Å². The third kappa shape index (κ3) is 12.9. The molecule has 7 atom stereocenters. The van der Waals surface area contributed by atoms with Gasteiger partial charge in [-0.1, -0.05) is 66.7 Å². The fourth-order valence-electron chi connectivity index (χ4n) is 8.77. The van der Waals surface area contributed by atoms with Gasteiger partial charge in [-0.15, -0.1) is 11.3 Å². The first-order chi connectivity index (χ1) is 31.3. The molecule has 2 saturated heterocycles. The van der Waals surface area contributed by atoms with Crippen LogP contribution >= 0.6 is 11.3 Å². The van der Waals surface area contributed by atoms with Crippen molar-refractivity contribution in [3.05, 3.63) is 29.6 Å². The number of hydrogen-bond donors (Lipinski definition) is 6. The van der Waals surface area contributed by atoms with E-state index < -0.39 is 70.3 Å². The van der Waals surface area contributed by atoms with E-state index in [0.29, 0.717) is 59.6 Å². The summed E-state index contributed by atoms with van der Waals surface area (Å²) < 4.78 is 38.2. The van der Waals surface area contributed by atoms with Gasteiger partial charge in [0.15, 0.2) is 5.13 Å². The zero-order valence-electron chi connectivity index (χ0n) is 39.4. The van der Waals surface area contributed by atoms with Crippen molar-refractivity contribution in [2.45, 2.75) is 148 Å². The first-order valence-corrected chi connectivity index (χ1v) is 25.1. The van der Waals surface area contributed by atoms with Gasteiger partial charge >= 0.3 is 12.0 Å². The molecule has 4 heterocycles. The number of aromatic nitrogens is 2. The Morgan fingerprint density at radius 2 is 1.79 bits per heavy atom. The molecule has 20 heteroatoms. The molecular formula is C46H68N9O9S2-. The highest BCUT2D eigenvalue weighted by Gasteiger charge is 2.62. The Kier molecular flexibility index (Phi) is 16.9. The SMILES string of the molecule is COc1ccc2c(O[C@@H]3C[C@H]4C(=O)N[C@]5(C(=O)O)CC5CCCCCCC[C@H](NC(=O)N[C@H](CN(CCNC(C)C)S(=O)[O-])C(C)(C)C)C(=O)N4C3)cc(-c3csc(NC(C)C)n3)nc2c1. The molecule has 66 heavy (non-hydrogen) atoms. The molecule has 6 rings (SSSR count). The Morgan fingerprint density at radius 3 is 2.45 bits per heavy atom.